The van der Waals surface area contributed by atoms with Gasteiger partial charge in [0.05, 0.1) is 5.69 Å². The Morgan fingerprint density at radius 2 is 2.33 bits per heavy atom. The Kier molecular flexibility index (Phi) is 5.01. The van der Waals surface area contributed by atoms with Gasteiger partial charge in [0, 0.05) is 23.6 Å². The number of hydrogen-bond donors (Lipinski definition) is 1. The van der Waals surface area contributed by atoms with Crippen molar-refractivity contribution >= 4 is 21.7 Å². The number of halogens is 1. The number of rotatable bonds is 5. The predicted molar refractivity (Wildman–Crippen MR) is 80.2 cm³/mol. The van der Waals surface area contributed by atoms with Gasteiger partial charge in [0.25, 0.3) is 0 Å². The second-order valence-corrected chi connectivity index (χ2v) is 5.78. The Hall–Kier alpha value is -0.610. The number of hydrogen-bond acceptors (Lipinski definition) is 3. The molecule has 0 aromatic carbocycles. The van der Waals surface area contributed by atoms with Gasteiger partial charge in [-0.3, -0.25) is 0 Å². The first-order valence-electron chi connectivity index (χ1n) is 6.83. The third-order valence-corrected chi connectivity index (χ3v) is 4.32. The number of nitrogens with zero attached hydrogens (tertiary/aromatic N) is 2. The topological polar surface area (TPSA) is 28.2 Å². The van der Waals surface area contributed by atoms with Gasteiger partial charge < -0.3 is 10.2 Å². The van der Waals surface area contributed by atoms with Crippen LogP contribution in [0.4, 0.5) is 5.82 Å². The average molecular weight is 312 g/mol. The fourth-order valence-corrected chi connectivity index (χ4v) is 2.71. The van der Waals surface area contributed by atoms with E-state index < -0.39 is 0 Å². The van der Waals surface area contributed by atoms with Crippen LogP contribution in [-0.2, 0) is 0 Å². The minimum absolute atomic E-state index is 0.602. The van der Waals surface area contributed by atoms with Crippen LogP contribution in [0.5, 0.6) is 0 Å². The summed E-state index contributed by atoms with van der Waals surface area (Å²) in [4.78, 5) is 7.13. The fourth-order valence-electron chi connectivity index (χ4n) is 2.49. The van der Waals surface area contributed by atoms with E-state index in [0.29, 0.717) is 6.04 Å². The molecule has 0 amide bonds. The van der Waals surface area contributed by atoms with Gasteiger partial charge in [-0.2, -0.15) is 0 Å². The summed E-state index contributed by atoms with van der Waals surface area (Å²) in [5.41, 5.74) is 1.07. The molecule has 1 atom stereocenters. The molecular weight excluding hydrogens is 290 g/mol. The van der Waals surface area contributed by atoms with Crippen molar-refractivity contribution in [3.8, 4) is 0 Å². The van der Waals surface area contributed by atoms with Crippen molar-refractivity contribution in [3.63, 3.8) is 0 Å². The minimum atomic E-state index is 0.602. The van der Waals surface area contributed by atoms with Crippen molar-refractivity contribution in [2.45, 2.75) is 39.2 Å². The highest BCUT2D eigenvalue weighted by atomic mass is 79.9. The van der Waals surface area contributed by atoms with Crippen molar-refractivity contribution in [3.05, 3.63) is 22.3 Å². The molecule has 1 saturated heterocycles. The molecule has 0 saturated carbocycles. The fraction of sp³-hybridized carbons (Fsp3) is 0.643. The Balaban J connectivity index is 2.03. The Morgan fingerprint density at radius 1 is 1.50 bits per heavy atom. The van der Waals surface area contributed by atoms with E-state index in [4.69, 9.17) is 0 Å². The molecule has 18 heavy (non-hydrogen) atoms. The molecule has 4 heteroatoms. The van der Waals surface area contributed by atoms with Crippen LogP contribution in [0.25, 0.3) is 0 Å². The second-order valence-electron chi connectivity index (χ2n) is 4.93. The lowest BCUT2D eigenvalue weighted by atomic mass is 10.2. The molecule has 1 aromatic heterocycles. The van der Waals surface area contributed by atoms with Crippen LogP contribution >= 0.6 is 15.9 Å². The summed E-state index contributed by atoms with van der Waals surface area (Å²) in [5, 5.41) is 3.52. The molecule has 0 radical (unpaired) electrons. The van der Waals surface area contributed by atoms with E-state index in [-0.39, 0.29) is 0 Å². The SMILES string of the molecule is CCCNCC1CCCN1c1ccc(Br)c(C)n1. The lowest BCUT2D eigenvalue weighted by Gasteiger charge is -2.26. The second kappa shape index (κ2) is 6.53. The normalized spacial score (nSPS) is 19.5. The van der Waals surface area contributed by atoms with Crippen LogP contribution in [0.15, 0.2) is 16.6 Å². The van der Waals surface area contributed by atoms with Crippen LogP contribution in [-0.4, -0.2) is 30.7 Å². The van der Waals surface area contributed by atoms with Gasteiger partial charge in [-0.25, -0.2) is 4.98 Å². The van der Waals surface area contributed by atoms with Gasteiger partial charge in [0.1, 0.15) is 5.82 Å². The molecule has 0 spiro atoms. The summed E-state index contributed by atoms with van der Waals surface area (Å²) < 4.78 is 1.09. The van der Waals surface area contributed by atoms with Gasteiger partial charge in [-0.15, -0.1) is 0 Å². The minimum Gasteiger partial charge on any atom is -0.352 e. The van der Waals surface area contributed by atoms with Gasteiger partial charge in [0.2, 0.25) is 0 Å². The van der Waals surface area contributed by atoms with E-state index >= 15 is 0 Å². The number of aromatic nitrogens is 1. The van der Waals surface area contributed by atoms with Gasteiger partial charge in [-0.05, 0) is 60.8 Å². The summed E-state index contributed by atoms with van der Waals surface area (Å²) in [5.74, 6) is 1.12. The van der Waals surface area contributed by atoms with E-state index in [9.17, 15) is 0 Å². The Bertz CT molecular complexity index is 395. The molecule has 2 rings (SSSR count). The summed E-state index contributed by atoms with van der Waals surface area (Å²) >= 11 is 3.51. The lowest BCUT2D eigenvalue weighted by molar-refractivity contribution is 0.568. The zero-order chi connectivity index (χ0) is 13.0. The zero-order valence-corrected chi connectivity index (χ0v) is 12.8. The molecule has 100 valence electrons. The number of anilines is 1. The monoisotopic (exact) mass is 311 g/mol. The summed E-state index contributed by atoms with van der Waals surface area (Å²) in [6.45, 7) is 7.57. The van der Waals surface area contributed by atoms with Crippen molar-refractivity contribution < 1.29 is 0 Å². The van der Waals surface area contributed by atoms with E-state index in [1.54, 1.807) is 0 Å². The molecule has 1 aliphatic heterocycles. The molecule has 1 unspecified atom stereocenters. The van der Waals surface area contributed by atoms with Gasteiger partial charge in [0.15, 0.2) is 0 Å². The van der Waals surface area contributed by atoms with Crippen LogP contribution in [0, 0.1) is 6.92 Å². The van der Waals surface area contributed by atoms with Gasteiger partial charge >= 0.3 is 0 Å². The standard InChI is InChI=1S/C14H22BrN3/c1-3-8-16-10-12-5-4-9-18(12)14-7-6-13(15)11(2)17-14/h6-7,12,16H,3-5,8-10H2,1-2H3. The smallest absolute Gasteiger partial charge is 0.129 e. The Morgan fingerprint density at radius 3 is 3.06 bits per heavy atom. The first-order chi connectivity index (χ1) is 8.72. The van der Waals surface area contributed by atoms with Crippen molar-refractivity contribution in [2.24, 2.45) is 0 Å². The van der Waals surface area contributed by atoms with Crippen LogP contribution in [0.2, 0.25) is 0 Å². The summed E-state index contributed by atoms with van der Waals surface area (Å²) in [6, 6.07) is 4.83. The molecule has 1 aliphatic rings. The molecule has 2 heterocycles. The van der Waals surface area contributed by atoms with E-state index in [1.165, 1.54) is 19.3 Å². The number of aryl methyl sites for hydroxylation is 1. The van der Waals surface area contributed by atoms with Crippen LogP contribution in [0.3, 0.4) is 0 Å². The number of nitrogens with one attached hydrogen (secondary N) is 1. The van der Waals surface area contributed by atoms with Crippen molar-refractivity contribution in [1.29, 1.82) is 0 Å². The maximum Gasteiger partial charge on any atom is 0.129 e. The van der Waals surface area contributed by atoms with E-state index in [2.05, 4.69) is 50.2 Å². The highest BCUT2D eigenvalue weighted by Gasteiger charge is 2.25. The highest BCUT2D eigenvalue weighted by Crippen LogP contribution is 2.25. The van der Waals surface area contributed by atoms with E-state index in [0.717, 1.165) is 35.6 Å². The predicted octanol–water partition coefficient (Wildman–Crippen LogP) is 3.12. The third-order valence-electron chi connectivity index (χ3n) is 3.48. The Labute approximate surface area is 118 Å². The maximum atomic E-state index is 4.68. The third kappa shape index (κ3) is 3.23. The quantitative estimate of drug-likeness (QED) is 0.847. The maximum absolute atomic E-state index is 4.68. The van der Waals surface area contributed by atoms with Crippen molar-refractivity contribution in [2.75, 3.05) is 24.5 Å². The lowest BCUT2D eigenvalue weighted by Crippen LogP contribution is -2.38. The average Bonchev–Trinajstić information content (AvgIpc) is 2.81. The molecular formula is C14H22BrN3. The van der Waals surface area contributed by atoms with E-state index in [1.807, 2.05) is 6.92 Å². The highest BCUT2D eigenvalue weighted by molar-refractivity contribution is 9.10. The van der Waals surface area contributed by atoms with Gasteiger partial charge in [-0.1, -0.05) is 6.92 Å². The summed E-state index contributed by atoms with van der Waals surface area (Å²) in [6.07, 6.45) is 3.74. The largest absolute Gasteiger partial charge is 0.352 e. The summed E-state index contributed by atoms with van der Waals surface area (Å²) in [7, 11) is 0. The first kappa shape index (κ1) is 13.8. The molecule has 0 bridgehead atoms. The zero-order valence-electron chi connectivity index (χ0n) is 11.2. The molecule has 1 fully saturated rings. The molecule has 1 N–H and O–H groups in total. The van der Waals surface area contributed by atoms with Crippen LogP contribution < -0.4 is 10.2 Å². The molecule has 0 aliphatic carbocycles. The van der Waals surface area contributed by atoms with Crippen molar-refractivity contribution in [1.82, 2.24) is 10.3 Å². The first-order valence-corrected chi connectivity index (χ1v) is 7.62. The number of pyridine rings is 1. The van der Waals surface area contributed by atoms with Crippen LogP contribution in [0.1, 0.15) is 31.9 Å². The molecule has 1 aromatic rings. The molecule has 3 nitrogen and oxygen atoms in total.